The van der Waals surface area contributed by atoms with Gasteiger partial charge in [-0.1, -0.05) is 48.5 Å². The molecular formula is C33H38O4. The molecule has 5 rings (SSSR count). The first-order valence-electron chi connectivity index (χ1n) is 13.9. The zero-order valence-electron chi connectivity index (χ0n) is 22.1. The van der Waals surface area contributed by atoms with Gasteiger partial charge >= 0.3 is 5.97 Å². The van der Waals surface area contributed by atoms with Gasteiger partial charge < -0.3 is 14.2 Å². The Morgan fingerprint density at radius 1 is 0.811 bits per heavy atom. The van der Waals surface area contributed by atoms with E-state index in [1.165, 1.54) is 38.9 Å². The Hall–Kier alpha value is -3.11. The molecule has 0 aromatic heterocycles. The lowest BCUT2D eigenvalue weighted by Gasteiger charge is -2.14. The molecule has 0 N–H and O–H groups in total. The topological polar surface area (TPSA) is 44.8 Å². The summed E-state index contributed by atoms with van der Waals surface area (Å²) in [7, 11) is 0. The van der Waals surface area contributed by atoms with Crippen molar-refractivity contribution in [3.05, 3.63) is 88.5 Å². The van der Waals surface area contributed by atoms with Crippen molar-refractivity contribution in [1.29, 1.82) is 0 Å². The van der Waals surface area contributed by atoms with Crippen LogP contribution in [0.5, 0.6) is 5.75 Å². The Morgan fingerprint density at radius 2 is 1.59 bits per heavy atom. The highest BCUT2D eigenvalue weighted by molar-refractivity contribution is 5.77. The molecule has 1 fully saturated rings. The van der Waals surface area contributed by atoms with Gasteiger partial charge in [0.25, 0.3) is 0 Å². The molecule has 194 valence electrons. The van der Waals surface area contributed by atoms with Crippen molar-refractivity contribution in [2.75, 3.05) is 26.4 Å². The van der Waals surface area contributed by atoms with Gasteiger partial charge in [0.15, 0.2) is 0 Å². The Morgan fingerprint density at radius 3 is 2.41 bits per heavy atom. The van der Waals surface area contributed by atoms with Gasteiger partial charge in [0.05, 0.1) is 19.1 Å². The first-order valence-corrected chi connectivity index (χ1v) is 13.9. The molecule has 3 aromatic rings. The number of carbonyl (C=O) groups excluding carboxylic acids is 1. The monoisotopic (exact) mass is 498 g/mol. The zero-order valence-corrected chi connectivity index (χ0v) is 22.1. The Balaban J connectivity index is 1.23. The van der Waals surface area contributed by atoms with Crippen molar-refractivity contribution in [3.63, 3.8) is 0 Å². The second kappa shape index (κ2) is 12.0. The van der Waals surface area contributed by atoms with Gasteiger partial charge in [0, 0.05) is 6.61 Å². The maximum absolute atomic E-state index is 12.0. The minimum atomic E-state index is -0.0494. The van der Waals surface area contributed by atoms with Gasteiger partial charge in [-0.3, -0.25) is 4.79 Å². The third kappa shape index (κ3) is 6.24. The summed E-state index contributed by atoms with van der Waals surface area (Å²) in [6, 6.07) is 22.4. The van der Waals surface area contributed by atoms with Crippen LogP contribution in [0.2, 0.25) is 0 Å². The fourth-order valence-corrected chi connectivity index (χ4v) is 5.50. The molecule has 0 saturated heterocycles. The van der Waals surface area contributed by atoms with Crippen LogP contribution in [0.4, 0.5) is 0 Å². The molecule has 0 heterocycles. The summed E-state index contributed by atoms with van der Waals surface area (Å²) in [5.41, 5.74) is 9.50. The van der Waals surface area contributed by atoms with Gasteiger partial charge in [-0.2, -0.15) is 0 Å². The van der Waals surface area contributed by atoms with E-state index in [-0.39, 0.29) is 11.9 Å². The normalized spacial score (nSPS) is 17.9. The fraction of sp³-hybridized carbons (Fsp3) is 0.424. The number of aryl methyl sites for hydroxylation is 4. The third-order valence-electron chi connectivity index (χ3n) is 7.62. The van der Waals surface area contributed by atoms with Gasteiger partial charge in [-0.05, 0) is 109 Å². The molecule has 4 heteroatoms. The maximum atomic E-state index is 12.0. The summed E-state index contributed by atoms with van der Waals surface area (Å²) < 4.78 is 16.5. The number of benzene rings is 3. The molecule has 2 aliphatic carbocycles. The first-order chi connectivity index (χ1) is 18.2. The quantitative estimate of drug-likeness (QED) is 0.218. The molecule has 4 nitrogen and oxygen atoms in total. The van der Waals surface area contributed by atoms with Crippen LogP contribution in [0.3, 0.4) is 0 Å². The number of ether oxygens (including phenoxy) is 3. The van der Waals surface area contributed by atoms with Crippen LogP contribution in [0, 0.1) is 5.92 Å². The van der Waals surface area contributed by atoms with Crippen molar-refractivity contribution < 1.29 is 19.0 Å². The van der Waals surface area contributed by atoms with Crippen molar-refractivity contribution in [3.8, 4) is 16.9 Å². The van der Waals surface area contributed by atoms with Crippen LogP contribution < -0.4 is 4.74 Å². The first kappa shape index (κ1) is 25.5. The summed E-state index contributed by atoms with van der Waals surface area (Å²) in [4.78, 5) is 12.0. The maximum Gasteiger partial charge on any atom is 0.309 e. The molecule has 0 bridgehead atoms. The molecule has 0 unspecified atom stereocenters. The van der Waals surface area contributed by atoms with Crippen molar-refractivity contribution in [2.24, 2.45) is 5.92 Å². The molecule has 0 radical (unpaired) electrons. The van der Waals surface area contributed by atoms with Crippen LogP contribution in [-0.4, -0.2) is 32.4 Å². The minimum Gasteiger partial charge on any atom is -0.491 e. The van der Waals surface area contributed by atoms with Gasteiger partial charge in [-0.15, -0.1) is 0 Å². The second-order valence-corrected chi connectivity index (χ2v) is 10.2. The Kier molecular flexibility index (Phi) is 8.25. The zero-order chi connectivity index (χ0) is 25.6. The van der Waals surface area contributed by atoms with Crippen molar-refractivity contribution in [2.45, 2.75) is 58.3 Å². The van der Waals surface area contributed by atoms with Crippen LogP contribution in [0.25, 0.3) is 11.1 Å². The van der Waals surface area contributed by atoms with E-state index in [2.05, 4.69) is 60.7 Å². The van der Waals surface area contributed by atoms with Crippen LogP contribution in [-0.2, 0) is 40.0 Å². The van der Waals surface area contributed by atoms with Gasteiger partial charge in [0.2, 0.25) is 0 Å². The Bertz CT molecular complexity index is 1210. The molecule has 0 spiro atoms. The predicted molar refractivity (Wildman–Crippen MR) is 147 cm³/mol. The molecule has 37 heavy (non-hydrogen) atoms. The summed E-state index contributed by atoms with van der Waals surface area (Å²) in [6.07, 6.45) is 6.27. The predicted octanol–water partition coefficient (Wildman–Crippen LogP) is 6.71. The SMILES string of the molecule is CCOCCOc1ccc2c(c1)CCCc1ccc(CCc3ccc([C@H]4C[C@@H]4C(=O)OCC)cc3)cc1-2. The molecule has 1 saturated carbocycles. The standard InChI is InChI=1S/C33H38O4/c1-3-35-18-19-37-28-16-17-29-27(21-28)7-5-6-25-15-12-24(20-30(25)29)9-8-23-10-13-26(14-11-23)31-22-32(31)33(34)36-4-2/h10-17,20-21,31-32H,3-9,18-19,22H2,1-2H3/t31-,32+/m1/s1. The number of hydrogen-bond acceptors (Lipinski definition) is 4. The molecule has 2 atom stereocenters. The highest BCUT2D eigenvalue weighted by Gasteiger charge is 2.45. The third-order valence-corrected chi connectivity index (χ3v) is 7.62. The van der Waals surface area contributed by atoms with E-state index in [9.17, 15) is 4.79 Å². The van der Waals surface area contributed by atoms with E-state index in [0.29, 0.717) is 25.7 Å². The van der Waals surface area contributed by atoms with Crippen molar-refractivity contribution in [1.82, 2.24) is 0 Å². The molecule has 0 amide bonds. The van der Waals surface area contributed by atoms with Crippen molar-refractivity contribution >= 4 is 5.97 Å². The summed E-state index contributed by atoms with van der Waals surface area (Å²) in [5.74, 6) is 1.26. The lowest BCUT2D eigenvalue weighted by atomic mass is 9.93. The summed E-state index contributed by atoms with van der Waals surface area (Å²) in [6.45, 7) is 6.25. The van der Waals surface area contributed by atoms with Crippen LogP contribution in [0.1, 0.15) is 60.4 Å². The highest BCUT2D eigenvalue weighted by atomic mass is 16.5. The number of rotatable bonds is 11. The van der Waals surface area contributed by atoms with E-state index in [0.717, 1.165) is 50.9 Å². The van der Waals surface area contributed by atoms with Crippen LogP contribution in [0.15, 0.2) is 60.7 Å². The van der Waals surface area contributed by atoms with E-state index >= 15 is 0 Å². The average molecular weight is 499 g/mol. The average Bonchev–Trinajstić information content (AvgIpc) is 3.74. The lowest BCUT2D eigenvalue weighted by Crippen LogP contribution is -2.07. The largest absolute Gasteiger partial charge is 0.491 e. The fourth-order valence-electron chi connectivity index (χ4n) is 5.50. The number of esters is 1. The lowest BCUT2D eigenvalue weighted by molar-refractivity contribution is -0.144. The number of hydrogen-bond donors (Lipinski definition) is 0. The minimum absolute atomic E-state index is 0.0472. The summed E-state index contributed by atoms with van der Waals surface area (Å²) in [5, 5.41) is 0. The smallest absolute Gasteiger partial charge is 0.309 e. The molecule has 0 aliphatic heterocycles. The molecule has 2 aliphatic rings. The van der Waals surface area contributed by atoms with E-state index < -0.39 is 0 Å². The van der Waals surface area contributed by atoms with E-state index in [4.69, 9.17) is 14.2 Å². The number of carbonyl (C=O) groups is 1. The highest BCUT2D eigenvalue weighted by Crippen LogP contribution is 2.48. The number of fused-ring (bicyclic) bond motifs is 3. The van der Waals surface area contributed by atoms with E-state index in [1.807, 2.05) is 13.8 Å². The Labute approximate surface area is 221 Å². The molecule has 3 aromatic carbocycles. The molecular weight excluding hydrogens is 460 g/mol. The van der Waals surface area contributed by atoms with Crippen LogP contribution >= 0.6 is 0 Å². The van der Waals surface area contributed by atoms with Gasteiger partial charge in [-0.25, -0.2) is 0 Å². The van der Waals surface area contributed by atoms with Gasteiger partial charge in [0.1, 0.15) is 12.4 Å². The summed E-state index contributed by atoms with van der Waals surface area (Å²) >= 11 is 0. The van der Waals surface area contributed by atoms with E-state index in [1.54, 1.807) is 0 Å². The second-order valence-electron chi connectivity index (χ2n) is 10.2.